The summed E-state index contributed by atoms with van der Waals surface area (Å²) in [4.78, 5) is 8.49. The van der Waals surface area contributed by atoms with Crippen molar-refractivity contribution in [1.29, 1.82) is 5.26 Å². The van der Waals surface area contributed by atoms with Crippen molar-refractivity contribution in [1.82, 2.24) is 9.97 Å². The number of rotatable bonds is 4. The molecule has 130 valence electrons. The third-order valence-electron chi connectivity index (χ3n) is 4.00. The largest absolute Gasteiger partial charge is 0.340 e. The maximum Gasteiger partial charge on any atom is 0.135 e. The minimum absolute atomic E-state index is 0.124. The number of para-hydroxylation sites is 1. The number of aromatic nitrogens is 2. The third kappa shape index (κ3) is 4.17. The van der Waals surface area contributed by atoms with E-state index in [4.69, 9.17) is 0 Å². The molecule has 0 fully saturated rings. The number of nitrogens with zero attached hydrogens (tertiary/aromatic N) is 3. The molecular weight excluding hydrogens is 322 g/mol. The zero-order valence-corrected chi connectivity index (χ0v) is 15.1. The molecule has 0 bridgehead atoms. The van der Waals surface area contributed by atoms with Crippen LogP contribution >= 0.6 is 0 Å². The average molecular weight is 343 g/mol. The zero-order valence-electron chi connectivity index (χ0n) is 15.1. The lowest BCUT2D eigenvalue weighted by Gasteiger charge is -2.19. The number of hydrogen-bond donors (Lipinski definition) is 2. The molecule has 2 N–H and O–H groups in total. The lowest BCUT2D eigenvalue weighted by molar-refractivity contribution is 0.590. The highest BCUT2D eigenvalue weighted by atomic mass is 15.1. The van der Waals surface area contributed by atoms with Gasteiger partial charge in [0.1, 0.15) is 24.0 Å². The Morgan fingerprint density at radius 2 is 1.54 bits per heavy atom. The molecule has 2 aromatic carbocycles. The van der Waals surface area contributed by atoms with Gasteiger partial charge < -0.3 is 10.6 Å². The summed E-state index contributed by atoms with van der Waals surface area (Å²) in [6.07, 6.45) is 1.49. The normalized spacial score (nSPS) is 10.8. The van der Waals surface area contributed by atoms with Crippen molar-refractivity contribution >= 4 is 23.0 Å². The molecule has 3 rings (SSSR count). The fourth-order valence-corrected chi connectivity index (χ4v) is 2.52. The van der Waals surface area contributed by atoms with Gasteiger partial charge in [-0.1, -0.05) is 45.0 Å². The van der Waals surface area contributed by atoms with Gasteiger partial charge in [-0.3, -0.25) is 0 Å². The van der Waals surface area contributed by atoms with Crippen LogP contribution in [-0.4, -0.2) is 9.97 Å². The molecule has 26 heavy (non-hydrogen) atoms. The van der Waals surface area contributed by atoms with Gasteiger partial charge in [-0.25, -0.2) is 9.97 Å². The average Bonchev–Trinajstić information content (AvgIpc) is 2.62. The highest BCUT2D eigenvalue weighted by Crippen LogP contribution is 2.25. The summed E-state index contributed by atoms with van der Waals surface area (Å²) in [5.74, 6) is 1.30. The summed E-state index contributed by atoms with van der Waals surface area (Å²) < 4.78 is 0. The van der Waals surface area contributed by atoms with Gasteiger partial charge in [0, 0.05) is 11.8 Å². The van der Waals surface area contributed by atoms with Crippen molar-refractivity contribution in [3.8, 4) is 6.07 Å². The first kappa shape index (κ1) is 17.4. The van der Waals surface area contributed by atoms with E-state index in [1.165, 1.54) is 11.9 Å². The van der Waals surface area contributed by atoms with Crippen LogP contribution in [0.15, 0.2) is 60.9 Å². The fraction of sp³-hybridized carbons (Fsp3) is 0.190. The molecule has 0 radical (unpaired) electrons. The van der Waals surface area contributed by atoms with E-state index in [-0.39, 0.29) is 5.41 Å². The Hall–Kier alpha value is -3.39. The van der Waals surface area contributed by atoms with Crippen LogP contribution in [0.4, 0.5) is 23.0 Å². The Kier molecular flexibility index (Phi) is 4.85. The molecule has 0 amide bonds. The van der Waals surface area contributed by atoms with Crippen LogP contribution in [0, 0.1) is 11.3 Å². The van der Waals surface area contributed by atoms with Gasteiger partial charge in [-0.15, -0.1) is 0 Å². The van der Waals surface area contributed by atoms with E-state index in [0.717, 1.165) is 5.69 Å². The summed E-state index contributed by atoms with van der Waals surface area (Å²) in [6, 6.07) is 19.6. The quantitative estimate of drug-likeness (QED) is 0.687. The molecule has 1 aromatic heterocycles. The number of hydrogen-bond acceptors (Lipinski definition) is 5. The minimum atomic E-state index is 0.124. The van der Waals surface area contributed by atoms with Crippen molar-refractivity contribution in [2.45, 2.75) is 26.2 Å². The van der Waals surface area contributed by atoms with Crippen molar-refractivity contribution in [3.05, 3.63) is 72.1 Å². The Bertz CT molecular complexity index is 934. The van der Waals surface area contributed by atoms with E-state index in [2.05, 4.69) is 59.6 Å². The summed E-state index contributed by atoms with van der Waals surface area (Å²) >= 11 is 0. The van der Waals surface area contributed by atoms with Gasteiger partial charge >= 0.3 is 0 Å². The summed E-state index contributed by atoms with van der Waals surface area (Å²) in [7, 11) is 0. The van der Waals surface area contributed by atoms with Crippen LogP contribution in [0.2, 0.25) is 0 Å². The molecule has 0 saturated carbocycles. The van der Waals surface area contributed by atoms with Crippen molar-refractivity contribution in [2.24, 2.45) is 0 Å². The Balaban J connectivity index is 1.76. The molecule has 0 aliphatic heterocycles. The highest BCUT2D eigenvalue weighted by molar-refractivity contribution is 5.67. The van der Waals surface area contributed by atoms with Crippen LogP contribution < -0.4 is 10.6 Å². The lowest BCUT2D eigenvalue weighted by atomic mass is 9.87. The predicted molar refractivity (Wildman–Crippen MR) is 105 cm³/mol. The van der Waals surface area contributed by atoms with Gasteiger partial charge in [0.05, 0.1) is 11.3 Å². The van der Waals surface area contributed by atoms with E-state index in [1.54, 1.807) is 6.07 Å². The lowest BCUT2D eigenvalue weighted by Crippen LogP contribution is -2.10. The second-order valence-corrected chi connectivity index (χ2v) is 7.02. The van der Waals surface area contributed by atoms with Crippen LogP contribution in [0.5, 0.6) is 0 Å². The third-order valence-corrected chi connectivity index (χ3v) is 4.00. The molecule has 1 heterocycles. The number of nitriles is 1. The monoisotopic (exact) mass is 343 g/mol. The van der Waals surface area contributed by atoms with Crippen molar-refractivity contribution in [3.63, 3.8) is 0 Å². The van der Waals surface area contributed by atoms with E-state index >= 15 is 0 Å². The van der Waals surface area contributed by atoms with Gasteiger partial charge in [-0.05, 0) is 35.2 Å². The number of nitrogens with one attached hydrogen (secondary N) is 2. The summed E-state index contributed by atoms with van der Waals surface area (Å²) in [5, 5.41) is 15.6. The second kappa shape index (κ2) is 7.24. The molecule has 0 saturated heterocycles. The number of benzene rings is 2. The van der Waals surface area contributed by atoms with E-state index < -0.39 is 0 Å². The molecule has 5 nitrogen and oxygen atoms in total. The van der Waals surface area contributed by atoms with Gasteiger partial charge in [0.25, 0.3) is 0 Å². The van der Waals surface area contributed by atoms with Gasteiger partial charge in [-0.2, -0.15) is 5.26 Å². The molecule has 0 unspecified atom stereocenters. The predicted octanol–water partition coefficient (Wildman–Crippen LogP) is 5.13. The maximum atomic E-state index is 9.19. The highest BCUT2D eigenvalue weighted by Gasteiger charge is 2.13. The summed E-state index contributed by atoms with van der Waals surface area (Å²) in [6.45, 7) is 6.57. The van der Waals surface area contributed by atoms with E-state index in [1.807, 2.05) is 36.4 Å². The zero-order chi connectivity index (χ0) is 18.6. The minimum Gasteiger partial charge on any atom is -0.340 e. The first-order chi connectivity index (χ1) is 12.5. The van der Waals surface area contributed by atoms with E-state index in [0.29, 0.717) is 22.9 Å². The molecular formula is C21H21N5. The van der Waals surface area contributed by atoms with Crippen LogP contribution in [-0.2, 0) is 5.41 Å². The first-order valence-corrected chi connectivity index (χ1v) is 8.41. The smallest absolute Gasteiger partial charge is 0.135 e. The van der Waals surface area contributed by atoms with Crippen LogP contribution in [0.1, 0.15) is 31.9 Å². The van der Waals surface area contributed by atoms with Gasteiger partial charge in [0.15, 0.2) is 0 Å². The Labute approximate surface area is 153 Å². The molecule has 5 heteroatoms. The fourth-order valence-electron chi connectivity index (χ4n) is 2.52. The van der Waals surface area contributed by atoms with Crippen LogP contribution in [0.3, 0.4) is 0 Å². The Morgan fingerprint density at radius 1 is 0.885 bits per heavy atom. The van der Waals surface area contributed by atoms with Gasteiger partial charge in [0.2, 0.25) is 0 Å². The molecule has 0 aliphatic carbocycles. The van der Waals surface area contributed by atoms with Crippen molar-refractivity contribution < 1.29 is 0 Å². The molecule has 0 spiro atoms. The number of anilines is 4. The summed E-state index contributed by atoms with van der Waals surface area (Å²) in [5.41, 5.74) is 3.65. The topological polar surface area (TPSA) is 73.6 Å². The SMILES string of the molecule is CC(C)(C)c1ccc(Nc2cc(Nc3ccccc3C#N)ncn2)cc1. The first-order valence-electron chi connectivity index (χ1n) is 8.41. The molecule has 3 aromatic rings. The van der Waals surface area contributed by atoms with Crippen molar-refractivity contribution in [2.75, 3.05) is 10.6 Å². The molecule has 0 atom stereocenters. The van der Waals surface area contributed by atoms with Crippen LogP contribution in [0.25, 0.3) is 0 Å². The standard InChI is InChI=1S/C21H21N5/c1-21(2,3)16-8-10-17(11-9-16)25-19-12-20(24-14-23-19)26-18-7-5-4-6-15(18)13-22/h4-12,14H,1-3H3,(H2,23,24,25,26). The maximum absolute atomic E-state index is 9.19. The van der Waals surface area contributed by atoms with E-state index in [9.17, 15) is 5.26 Å². The molecule has 0 aliphatic rings. The Morgan fingerprint density at radius 3 is 2.19 bits per heavy atom. The second-order valence-electron chi connectivity index (χ2n) is 7.02.